The van der Waals surface area contributed by atoms with Crippen molar-refractivity contribution in [2.24, 2.45) is 0 Å². The van der Waals surface area contributed by atoms with E-state index < -0.39 is 0 Å². The fourth-order valence-electron chi connectivity index (χ4n) is 3.08. The molecule has 1 fully saturated rings. The van der Waals surface area contributed by atoms with Crippen molar-refractivity contribution in [3.8, 4) is 5.75 Å². The molecule has 3 rings (SSSR count). The molecule has 0 atom stereocenters. The summed E-state index contributed by atoms with van der Waals surface area (Å²) in [5.41, 5.74) is 1.84. The molecule has 1 aromatic carbocycles. The highest BCUT2D eigenvalue weighted by molar-refractivity contribution is 6.32. The van der Waals surface area contributed by atoms with Crippen LogP contribution < -0.4 is 15.0 Å². The lowest BCUT2D eigenvalue weighted by molar-refractivity contribution is 0.0987. The van der Waals surface area contributed by atoms with Gasteiger partial charge in [0.25, 0.3) is 5.91 Å². The predicted octanol–water partition coefficient (Wildman–Crippen LogP) is 2.45. The van der Waals surface area contributed by atoms with Crippen LogP contribution in [0.15, 0.2) is 18.2 Å². The van der Waals surface area contributed by atoms with E-state index in [1.54, 1.807) is 32.4 Å². The van der Waals surface area contributed by atoms with E-state index in [9.17, 15) is 4.79 Å². The molecule has 1 aliphatic heterocycles. The number of hydrogen-bond acceptors (Lipinski definition) is 5. The number of halogens is 1. The van der Waals surface area contributed by atoms with Crippen LogP contribution in [-0.2, 0) is 0 Å². The van der Waals surface area contributed by atoms with E-state index in [2.05, 4.69) is 15.6 Å². The standard InChI is InChI=1S/C17H22ClN5O2/c1-11-16(20-21-23(11)12-6-8-19-9-7-12)17(24)22(2)13-4-5-15(25-3)14(18)10-13/h4-5,10,12,19H,6-9H2,1-3H3. The second kappa shape index (κ2) is 7.41. The van der Waals surface area contributed by atoms with E-state index in [0.717, 1.165) is 31.6 Å². The van der Waals surface area contributed by atoms with E-state index in [1.165, 1.54) is 4.90 Å². The first-order valence-corrected chi connectivity index (χ1v) is 8.64. The largest absolute Gasteiger partial charge is 0.495 e. The van der Waals surface area contributed by atoms with Crippen LogP contribution >= 0.6 is 11.6 Å². The molecule has 0 bridgehead atoms. The summed E-state index contributed by atoms with van der Waals surface area (Å²) in [5, 5.41) is 12.1. The highest BCUT2D eigenvalue weighted by Crippen LogP contribution is 2.29. The summed E-state index contributed by atoms with van der Waals surface area (Å²) in [6.07, 6.45) is 1.98. The molecule has 1 amide bonds. The first-order valence-electron chi connectivity index (χ1n) is 8.27. The Balaban J connectivity index is 1.83. The molecule has 1 saturated heterocycles. The zero-order valence-electron chi connectivity index (χ0n) is 14.6. The van der Waals surface area contributed by atoms with E-state index >= 15 is 0 Å². The van der Waals surface area contributed by atoms with Crippen molar-refractivity contribution in [2.75, 3.05) is 32.1 Å². The van der Waals surface area contributed by atoms with E-state index in [1.807, 2.05) is 11.6 Å². The number of amides is 1. The number of methoxy groups -OCH3 is 1. The number of rotatable bonds is 4. The number of anilines is 1. The van der Waals surface area contributed by atoms with Gasteiger partial charge in [-0.2, -0.15) is 0 Å². The molecule has 134 valence electrons. The highest BCUT2D eigenvalue weighted by Gasteiger charge is 2.25. The molecule has 0 unspecified atom stereocenters. The molecule has 8 heteroatoms. The maximum atomic E-state index is 12.9. The molecule has 7 nitrogen and oxygen atoms in total. The third kappa shape index (κ3) is 3.48. The van der Waals surface area contributed by atoms with Crippen LogP contribution in [0.1, 0.15) is 35.1 Å². The molecule has 1 aromatic heterocycles. The predicted molar refractivity (Wildman–Crippen MR) is 96.6 cm³/mol. The second-order valence-electron chi connectivity index (χ2n) is 6.13. The van der Waals surface area contributed by atoms with Gasteiger partial charge in [0.05, 0.1) is 23.9 Å². The molecule has 0 radical (unpaired) electrons. The third-order valence-corrected chi connectivity index (χ3v) is 4.91. The van der Waals surface area contributed by atoms with Gasteiger partial charge in [0.2, 0.25) is 0 Å². The SMILES string of the molecule is COc1ccc(N(C)C(=O)c2nnn(C3CCNCC3)c2C)cc1Cl. The highest BCUT2D eigenvalue weighted by atomic mass is 35.5. The molecule has 2 heterocycles. The summed E-state index contributed by atoms with van der Waals surface area (Å²) >= 11 is 6.16. The van der Waals surface area contributed by atoms with Gasteiger partial charge in [0.1, 0.15) is 5.75 Å². The first kappa shape index (κ1) is 17.7. The van der Waals surface area contributed by atoms with Gasteiger partial charge in [-0.25, -0.2) is 4.68 Å². The molecule has 2 aromatic rings. The fourth-order valence-corrected chi connectivity index (χ4v) is 3.33. The van der Waals surface area contributed by atoms with Crippen molar-refractivity contribution >= 4 is 23.2 Å². The summed E-state index contributed by atoms with van der Waals surface area (Å²) in [4.78, 5) is 14.4. The summed E-state index contributed by atoms with van der Waals surface area (Å²) in [6.45, 7) is 3.80. The number of carbonyl (C=O) groups is 1. The monoisotopic (exact) mass is 363 g/mol. The minimum atomic E-state index is -0.209. The average Bonchev–Trinajstić information content (AvgIpc) is 3.02. The quantitative estimate of drug-likeness (QED) is 0.903. The van der Waals surface area contributed by atoms with Crippen molar-refractivity contribution in [1.29, 1.82) is 0 Å². The number of nitrogens with zero attached hydrogens (tertiary/aromatic N) is 4. The number of piperidine rings is 1. The normalized spacial score (nSPS) is 15.2. The van der Waals surface area contributed by atoms with Crippen molar-refractivity contribution in [3.63, 3.8) is 0 Å². The minimum Gasteiger partial charge on any atom is -0.495 e. The summed E-state index contributed by atoms with van der Waals surface area (Å²) < 4.78 is 7.03. The molecule has 25 heavy (non-hydrogen) atoms. The van der Waals surface area contributed by atoms with Crippen LogP contribution in [0.2, 0.25) is 5.02 Å². The maximum Gasteiger partial charge on any atom is 0.280 e. The van der Waals surface area contributed by atoms with Gasteiger partial charge in [-0.3, -0.25) is 4.79 Å². The van der Waals surface area contributed by atoms with Gasteiger partial charge in [-0.05, 0) is 51.1 Å². The second-order valence-corrected chi connectivity index (χ2v) is 6.54. The Kier molecular flexibility index (Phi) is 5.24. The van der Waals surface area contributed by atoms with Crippen LogP contribution in [0.25, 0.3) is 0 Å². The van der Waals surface area contributed by atoms with Crippen molar-refractivity contribution in [1.82, 2.24) is 20.3 Å². The molecule has 0 aliphatic carbocycles. The van der Waals surface area contributed by atoms with E-state index in [4.69, 9.17) is 16.3 Å². The Morgan fingerprint density at radius 1 is 1.40 bits per heavy atom. The first-order chi connectivity index (χ1) is 12.0. The molecular weight excluding hydrogens is 342 g/mol. The van der Waals surface area contributed by atoms with Gasteiger partial charge < -0.3 is 15.0 Å². The lowest BCUT2D eigenvalue weighted by Crippen LogP contribution is -2.31. The Morgan fingerprint density at radius 2 is 2.12 bits per heavy atom. The van der Waals surface area contributed by atoms with Crippen LogP contribution in [0.3, 0.4) is 0 Å². The minimum absolute atomic E-state index is 0.209. The molecular formula is C17H22ClN5O2. The summed E-state index contributed by atoms with van der Waals surface area (Å²) in [5.74, 6) is 0.359. The smallest absolute Gasteiger partial charge is 0.280 e. The fraction of sp³-hybridized carbons (Fsp3) is 0.471. The topological polar surface area (TPSA) is 72.3 Å². The molecule has 0 saturated carbocycles. The lowest BCUT2D eigenvalue weighted by atomic mass is 10.1. The molecule has 0 spiro atoms. The van der Waals surface area contributed by atoms with Gasteiger partial charge in [0.15, 0.2) is 5.69 Å². The molecule has 1 N–H and O–H groups in total. The Morgan fingerprint density at radius 3 is 2.76 bits per heavy atom. The lowest BCUT2D eigenvalue weighted by Gasteiger charge is -2.23. The Bertz CT molecular complexity index is 770. The van der Waals surface area contributed by atoms with Crippen molar-refractivity contribution in [2.45, 2.75) is 25.8 Å². The Labute approximate surface area is 151 Å². The zero-order chi connectivity index (χ0) is 18.0. The number of aromatic nitrogens is 3. The van der Waals surface area contributed by atoms with E-state index in [-0.39, 0.29) is 11.9 Å². The summed E-state index contributed by atoms with van der Waals surface area (Å²) in [7, 11) is 3.25. The summed E-state index contributed by atoms with van der Waals surface area (Å²) in [6, 6.07) is 5.51. The van der Waals surface area contributed by atoms with Crippen LogP contribution in [0.5, 0.6) is 5.75 Å². The van der Waals surface area contributed by atoms with Gasteiger partial charge >= 0.3 is 0 Å². The zero-order valence-corrected chi connectivity index (χ0v) is 15.4. The van der Waals surface area contributed by atoms with Gasteiger partial charge in [-0.1, -0.05) is 16.8 Å². The Hall–Kier alpha value is -2.12. The third-order valence-electron chi connectivity index (χ3n) is 4.61. The van der Waals surface area contributed by atoms with Crippen LogP contribution in [0.4, 0.5) is 5.69 Å². The van der Waals surface area contributed by atoms with E-state index in [0.29, 0.717) is 22.2 Å². The van der Waals surface area contributed by atoms with Crippen molar-refractivity contribution < 1.29 is 9.53 Å². The van der Waals surface area contributed by atoms with Crippen molar-refractivity contribution in [3.05, 3.63) is 34.6 Å². The number of ether oxygens (including phenoxy) is 1. The molecule has 1 aliphatic rings. The maximum absolute atomic E-state index is 12.9. The van der Waals surface area contributed by atoms with Crippen LogP contribution in [-0.4, -0.2) is 48.1 Å². The van der Waals surface area contributed by atoms with Gasteiger partial charge in [-0.15, -0.1) is 5.10 Å². The number of carbonyl (C=O) groups excluding carboxylic acids is 1. The van der Waals surface area contributed by atoms with Crippen LogP contribution in [0, 0.1) is 6.92 Å². The average molecular weight is 364 g/mol. The van der Waals surface area contributed by atoms with Gasteiger partial charge in [0, 0.05) is 12.7 Å². The number of hydrogen-bond donors (Lipinski definition) is 1. The number of nitrogens with one attached hydrogen (secondary N) is 1. The number of benzene rings is 1.